The molecule has 0 radical (unpaired) electrons. The van der Waals surface area contributed by atoms with E-state index in [1.54, 1.807) is 42.6 Å². The first-order valence-corrected chi connectivity index (χ1v) is 12.1. The van der Waals surface area contributed by atoms with Gasteiger partial charge in [0.25, 0.3) is 5.56 Å². The third-order valence-corrected chi connectivity index (χ3v) is 6.22. The molecule has 0 spiro atoms. The van der Waals surface area contributed by atoms with Crippen LogP contribution in [0.2, 0.25) is 0 Å². The molecule has 4 aromatic rings. The molecule has 0 amide bonds. The topological polar surface area (TPSA) is 72.2 Å². The van der Waals surface area contributed by atoms with Crippen molar-refractivity contribution in [1.82, 2.24) is 9.78 Å². The van der Waals surface area contributed by atoms with E-state index in [0.717, 1.165) is 11.1 Å². The second-order valence-corrected chi connectivity index (χ2v) is 10.0. The summed E-state index contributed by atoms with van der Waals surface area (Å²) in [5.74, 6) is -0.367. The van der Waals surface area contributed by atoms with E-state index in [4.69, 9.17) is 4.55 Å². The average molecular weight is 477 g/mol. The molecule has 1 unspecified atom stereocenters. The minimum Gasteiger partial charge on any atom is -0.306 e. The van der Waals surface area contributed by atoms with Gasteiger partial charge in [-0.15, -0.1) is 0 Å². The number of aromatic nitrogens is 2. The van der Waals surface area contributed by atoms with E-state index in [-0.39, 0.29) is 22.5 Å². The molecule has 0 aliphatic heterocycles. The maximum atomic E-state index is 13.7. The Labute approximate surface area is 200 Å². The monoisotopic (exact) mass is 476 g/mol. The van der Waals surface area contributed by atoms with E-state index in [2.05, 4.69) is 25.9 Å². The molecule has 4 rings (SSSR count). The lowest BCUT2D eigenvalue weighted by Crippen LogP contribution is -2.23. The van der Waals surface area contributed by atoms with E-state index in [1.807, 2.05) is 24.3 Å². The van der Waals surface area contributed by atoms with Gasteiger partial charge < -0.3 is 4.55 Å². The van der Waals surface area contributed by atoms with Crippen molar-refractivity contribution < 1.29 is 13.2 Å². The van der Waals surface area contributed by atoms with Gasteiger partial charge >= 0.3 is 0 Å². The molecule has 1 N–H and O–H groups in total. The van der Waals surface area contributed by atoms with Gasteiger partial charge in [0.1, 0.15) is 5.82 Å². The largest absolute Gasteiger partial charge is 0.306 e. The van der Waals surface area contributed by atoms with Crippen molar-refractivity contribution in [1.29, 1.82) is 0 Å². The average Bonchev–Trinajstić information content (AvgIpc) is 2.79. The van der Waals surface area contributed by atoms with Crippen molar-refractivity contribution in [3.63, 3.8) is 0 Å². The Balaban J connectivity index is 1.86. The predicted octanol–water partition coefficient (Wildman–Crippen LogP) is 5.72. The van der Waals surface area contributed by atoms with Crippen LogP contribution in [0.3, 0.4) is 0 Å². The lowest BCUT2D eigenvalue weighted by atomic mass is 9.87. The fraction of sp³-hybridized carbons (Fsp3) is 0.185. The van der Waals surface area contributed by atoms with Gasteiger partial charge in [-0.2, -0.15) is 9.78 Å². The van der Waals surface area contributed by atoms with Crippen LogP contribution in [-0.4, -0.2) is 18.5 Å². The summed E-state index contributed by atoms with van der Waals surface area (Å²) >= 11 is -1.94. The van der Waals surface area contributed by atoms with Crippen molar-refractivity contribution in [3.05, 3.63) is 106 Å². The molecule has 5 nitrogen and oxygen atoms in total. The maximum absolute atomic E-state index is 13.7. The number of rotatable bonds is 5. The highest BCUT2D eigenvalue weighted by Crippen LogP contribution is 2.30. The molecular formula is C27H25FN2O3S. The fourth-order valence-electron chi connectivity index (χ4n) is 3.78. The van der Waals surface area contributed by atoms with Crippen molar-refractivity contribution >= 4 is 11.1 Å². The predicted molar refractivity (Wildman–Crippen MR) is 134 cm³/mol. The summed E-state index contributed by atoms with van der Waals surface area (Å²) in [4.78, 5) is 13.7. The van der Waals surface area contributed by atoms with Crippen LogP contribution in [0.1, 0.15) is 31.9 Å². The summed E-state index contributed by atoms with van der Waals surface area (Å²) in [5.41, 5.74) is 4.42. The molecule has 1 aromatic heterocycles. The molecule has 1 atom stereocenters. The third kappa shape index (κ3) is 5.05. The number of nitrogens with zero attached hydrogens (tertiary/aromatic N) is 2. The molecular weight excluding hydrogens is 451 g/mol. The normalized spacial score (nSPS) is 12.5. The van der Waals surface area contributed by atoms with Crippen LogP contribution in [0, 0.1) is 5.82 Å². The van der Waals surface area contributed by atoms with E-state index in [1.165, 1.54) is 16.8 Å². The standard InChI is InChI=1S/C27H25FN2O3S/c1-27(2,3)21-10-14-23(15-11-21)30-26(31)25(20-8-12-22(28)13-9-20)24(16-29-30)19-6-4-18(5-7-19)17-34(32)33/h4-16H,17H2,1-3H3,(H,32,33). The van der Waals surface area contributed by atoms with Crippen LogP contribution < -0.4 is 5.56 Å². The van der Waals surface area contributed by atoms with Gasteiger partial charge in [0, 0.05) is 5.56 Å². The Morgan fingerprint density at radius 1 is 0.912 bits per heavy atom. The Kier molecular flexibility index (Phi) is 6.59. The molecule has 0 bridgehead atoms. The highest BCUT2D eigenvalue weighted by molar-refractivity contribution is 7.78. The Morgan fingerprint density at radius 2 is 1.50 bits per heavy atom. The van der Waals surface area contributed by atoms with Crippen molar-refractivity contribution in [2.24, 2.45) is 0 Å². The van der Waals surface area contributed by atoms with Gasteiger partial charge in [0.2, 0.25) is 0 Å². The van der Waals surface area contributed by atoms with Gasteiger partial charge in [-0.1, -0.05) is 69.3 Å². The summed E-state index contributed by atoms with van der Waals surface area (Å²) in [6.45, 7) is 6.37. The van der Waals surface area contributed by atoms with Crippen LogP contribution in [0.5, 0.6) is 0 Å². The van der Waals surface area contributed by atoms with Gasteiger partial charge in [-0.05, 0) is 51.9 Å². The van der Waals surface area contributed by atoms with E-state index in [9.17, 15) is 13.4 Å². The lowest BCUT2D eigenvalue weighted by Gasteiger charge is -2.19. The summed E-state index contributed by atoms with van der Waals surface area (Å²) in [5, 5.41) is 4.43. The zero-order chi connectivity index (χ0) is 24.5. The zero-order valence-electron chi connectivity index (χ0n) is 19.2. The van der Waals surface area contributed by atoms with Gasteiger partial charge in [-0.3, -0.25) is 4.79 Å². The van der Waals surface area contributed by atoms with E-state index in [0.29, 0.717) is 27.9 Å². The van der Waals surface area contributed by atoms with Crippen molar-refractivity contribution in [3.8, 4) is 27.9 Å². The Morgan fingerprint density at radius 3 is 2.06 bits per heavy atom. The molecule has 0 aliphatic rings. The summed E-state index contributed by atoms with van der Waals surface area (Å²) in [7, 11) is 0. The van der Waals surface area contributed by atoms with Crippen molar-refractivity contribution in [2.45, 2.75) is 31.9 Å². The fourth-order valence-corrected chi connectivity index (χ4v) is 4.26. The summed E-state index contributed by atoms with van der Waals surface area (Å²) < 4.78 is 35.2. The maximum Gasteiger partial charge on any atom is 0.279 e. The number of hydrogen-bond donors (Lipinski definition) is 1. The second kappa shape index (κ2) is 9.44. The summed E-state index contributed by atoms with van der Waals surface area (Å²) in [6, 6.07) is 20.6. The molecule has 0 saturated heterocycles. The number of benzene rings is 3. The lowest BCUT2D eigenvalue weighted by molar-refractivity contribution is 0.563. The summed E-state index contributed by atoms with van der Waals surface area (Å²) in [6.07, 6.45) is 1.62. The highest BCUT2D eigenvalue weighted by Gasteiger charge is 2.18. The number of hydrogen-bond acceptors (Lipinski definition) is 3. The molecule has 7 heteroatoms. The molecule has 3 aromatic carbocycles. The van der Waals surface area contributed by atoms with Gasteiger partial charge in [-0.25, -0.2) is 8.60 Å². The SMILES string of the molecule is CC(C)(C)c1ccc(-n2ncc(-c3ccc(CS(=O)O)cc3)c(-c3ccc(F)cc3)c2=O)cc1. The molecule has 0 aliphatic carbocycles. The third-order valence-electron chi connectivity index (χ3n) is 5.64. The second-order valence-electron chi connectivity index (χ2n) is 9.12. The minimum absolute atomic E-state index is 0.0190. The van der Waals surface area contributed by atoms with Gasteiger partial charge in [0.05, 0.1) is 23.2 Å². The highest BCUT2D eigenvalue weighted by atomic mass is 32.2. The molecule has 1 heterocycles. The Bertz CT molecular complexity index is 1390. The smallest absolute Gasteiger partial charge is 0.279 e. The molecule has 174 valence electrons. The van der Waals surface area contributed by atoms with Crippen LogP contribution >= 0.6 is 0 Å². The zero-order valence-corrected chi connectivity index (χ0v) is 20.0. The van der Waals surface area contributed by atoms with Crippen molar-refractivity contribution in [2.75, 3.05) is 0 Å². The first-order chi connectivity index (χ1) is 16.1. The van der Waals surface area contributed by atoms with Crippen LogP contribution in [0.4, 0.5) is 4.39 Å². The Hall–Kier alpha value is -3.42. The molecule has 0 saturated carbocycles. The molecule has 0 fully saturated rings. The number of halogens is 1. The minimum atomic E-state index is -1.94. The van der Waals surface area contributed by atoms with Crippen LogP contribution in [0.25, 0.3) is 27.9 Å². The first-order valence-electron chi connectivity index (χ1n) is 10.8. The van der Waals surface area contributed by atoms with Crippen LogP contribution in [-0.2, 0) is 22.2 Å². The van der Waals surface area contributed by atoms with Crippen LogP contribution in [0.15, 0.2) is 83.8 Å². The van der Waals surface area contributed by atoms with E-state index < -0.39 is 11.1 Å². The molecule has 34 heavy (non-hydrogen) atoms. The van der Waals surface area contributed by atoms with Gasteiger partial charge in [0.15, 0.2) is 11.1 Å². The quantitative estimate of drug-likeness (QED) is 0.374. The first kappa shape index (κ1) is 23.7. The van der Waals surface area contributed by atoms with E-state index >= 15 is 0 Å².